The first-order valence-corrected chi connectivity index (χ1v) is 8.15. The molecule has 0 fully saturated rings. The topological polar surface area (TPSA) is 42.7 Å². The molecule has 3 rings (SSSR count). The third kappa shape index (κ3) is 3.09. The molecule has 0 saturated heterocycles. The highest BCUT2D eigenvalue weighted by atomic mass is 32.1. The molecule has 22 heavy (non-hydrogen) atoms. The predicted octanol–water partition coefficient (Wildman–Crippen LogP) is 3.97. The summed E-state index contributed by atoms with van der Waals surface area (Å²) in [6.07, 6.45) is 4.91. The smallest absolute Gasteiger partial charge is 0.127 e. The van der Waals surface area contributed by atoms with Gasteiger partial charge in [0.15, 0.2) is 0 Å². The Hall–Kier alpha value is -2.40. The van der Waals surface area contributed by atoms with Crippen molar-refractivity contribution in [3.63, 3.8) is 0 Å². The molecule has 0 radical (unpaired) electrons. The Morgan fingerprint density at radius 2 is 2.14 bits per heavy atom. The van der Waals surface area contributed by atoms with Crippen LogP contribution in [0, 0.1) is 0 Å². The minimum absolute atomic E-state index is 0.875. The maximum atomic E-state index is 4.64. The van der Waals surface area contributed by atoms with Crippen LogP contribution < -0.4 is 5.32 Å². The second-order valence-corrected chi connectivity index (χ2v) is 5.81. The molecule has 0 aliphatic heterocycles. The molecule has 1 aromatic carbocycles. The summed E-state index contributed by atoms with van der Waals surface area (Å²) in [5.41, 5.74) is 3.84. The Bertz CT molecular complexity index is 758. The normalized spacial score (nSPS) is 10.6. The van der Waals surface area contributed by atoms with Crippen LogP contribution in [-0.4, -0.2) is 21.3 Å². The van der Waals surface area contributed by atoms with Gasteiger partial charge in [-0.25, -0.2) is 9.67 Å². The Labute approximate surface area is 134 Å². The van der Waals surface area contributed by atoms with Gasteiger partial charge in [-0.1, -0.05) is 31.7 Å². The number of thiazole rings is 1. The van der Waals surface area contributed by atoms with Gasteiger partial charge in [-0.15, -0.1) is 11.3 Å². The predicted molar refractivity (Wildman–Crippen MR) is 92.0 cm³/mol. The van der Waals surface area contributed by atoms with Gasteiger partial charge in [0.25, 0.3) is 0 Å². The number of rotatable bonds is 6. The zero-order valence-electron chi connectivity index (χ0n) is 12.5. The molecule has 0 atom stereocenters. The SMILES string of the molecule is C=C(NCCC)c1csc(-c2cnn(-c3ccccc3)c2)n1. The van der Waals surface area contributed by atoms with Crippen LogP contribution in [0.5, 0.6) is 0 Å². The Balaban J connectivity index is 1.80. The number of benzene rings is 1. The van der Waals surface area contributed by atoms with Crippen molar-refractivity contribution in [3.8, 4) is 16.3 Å². The fraction of sp³-hybridized carbons (Fsp3) is 0.176. The summed E-state index contributed by atoms with van der Waals surface area (Å²) in [6, 6.07) is 10.1. The molecule has 1 N–H and O–H groups in total. The number of hydrogen-bond donors (Lipinski definition) is 1. The Morgan fingerprint density at radius 3 is 2.91 bits per heavy atom. The van der Waals surface area contributed by atoms with Gasteiger partial charge < -0.3 is 5.32 Å². The monoisotopic (exact) mass is 310 g/mol. The summed E-state index contributed by atoms with van der Waals surface area (Å²) in [5, 5.41) is 10.7. The molecule has 4 nitrogen and oxygen atoms in total. The maximum absolute atomic E-state index is 4.64. The van der Waals surface area contributed by atoms with Crippen molar-refractivity contribution in [2.45, 2.75) is 13.3 Å². The third-order valence-electron chi connectivity index (χ3n) is 3.25. The van der Waals surface area contributed by atoms with Gasteiger partial charge in [-0.05, 0) is 18.6 Å². The van der Waals surface area contributed by atoms with E-state index in [1.165, 1.54) is 0 Å². The molecule has 0 saturated carbocycles. The van der Waals surface area contributed by atoms with Crippen molar-refractivity contribution in [3.05, 3.63) is 60.4 Å². The van der Waals surface area contributed by atoms with Crippen molar-refractivity contribution < 1.29 is 0 Å². The minimum Gasteiger partial charge on any atom is -0.384 e. The van der Waals surface area contributed by atoms with E-state index in [0.717, 1.165) is 40.6 Å². The quantitative estimate of drug-likeness (QED) is 0.749. The standard InChI is InChI=1S/C17H18N4S/c1-3-9-18-13(2)16-12-22-17(20-16)14-10-19-21(11-14)15-7-5-4-6-8-15/h4-8,10-12,18H,2-3,9H2,1H3. The number of hydrogen-bond acceptors (Lipinski definition) is 4. The van der Waals surface area contributed by atoms with Crippen LogP contribution in [0.2, 0.25) is 0 Å². The average molecular weight is 310 g/mol. The van der Waals surface area contributed by atoms with Gasteiger partial charge >= 0.3 is 0 Å². The van der Waals surface area contributed by atoms with E-state index in [1.54, 1.807) is 11.3 Å². The number of nitrogens with one attached hydrogen (secondary N) is 1. The Morgan fingerprint density at radius 1 is 1.32 bits per heavy atom. The van der Waals surface area contributed by atoms with Crippen molar-refractivity contribution in [1.82, 2.24) is 20.1 Å². The highest BCUT2D eigenvalue weighted by Gasteiger charge is 2.09. The van der Waals surface area contributed by atoms with Crippen molar-refractivity contribution in [2.24, 2.45) is 0 Å². The van der Waals surface area contributed by atoms with Crippen molar-refractivity contribution >= 4 is 17.0 Å². The summed E-state index contributed by atoms with van der Waals surface area (Å²) in [7, 11) is 0. The van der Waals surface area contributed by atoms with E-state index in [1.807, 2.05) is 52.8 Å². The molecule has 0 amide bonds. The lowest BCUT2D eigenvalue weighted by molar-refractivity contribution is 0.822. The molecule has 0 aliphatic rings. The van der Waals surface area contributed by atoms with E-state index >= 15 is 0 Å². The second-order valence-electron chi connectivity index (χ2n) is 4.95. The summed E-state index contributed by atoms with van der Waals surface area (Å²) >= 11 is 1.61. The molecule has 112 valence electrons. The first-order valence-electron chi connectivity index (χ1n) is 7.27. The third-order valence-corrected chi connectivity index (χ3v) is 4.14. The molecule has 0 aliphatic carbocycles. The van der Waals surface area contributed by atoms with E-state index in [2.05, 4.69) is 28.9 Å². The van der Waals surface area contributed by atoms with Gasteiger partial charge in [0.1, 0.15) is 5.01 Å². The fourth-order valence-electron chi connectivity index (χ4n) is 2.07. The summed E-state index contributed by atoms with van der Waals surface area (Å²) < 4.78 is 1.86. The van der Waals surface area contributed by atoms with Crippen LogP contribution in [0.25, 0.3) is 22.0 Å². The number of nitrogens with zero attached hydrogens (tertiary/aromatic N) is 3. The minimum atomic E-state index is 0.875. The highest BCUT2D eigenvalue weighted by molar-refractivity contribution is 7.13. The molecule has 5 heteroatoms. The van der Waals surface area contributed by atoms with Crippen LogP contribution in [-0.2, 0) is 0 Å². The largest absolute Gasteiger partial charge is 0.384 e. The van der Waals surface area contributed by atoms with Crippen molar-refractivity contribution in [1.29, 1.82) is 0 Å². The summed E-state index contributed by atoms with van der Waals surface area (Å²) in [4.78, 5) is 4.64. The Kier molecular flexibility index (Phi) is 4.34. The molecular weight excluding hydrogens is 292 g/mol. The van der Waals surface area contributed by atoms with E-state index < -0.39 is 0 Å². The molecular formula is C17H18N4S. The van der Waals surface area contributed by atoms with Gasteiger partial charge in [-0.2, -0.15) is 5.10 Å². The van der Waals surface area contributed by atoms with Crippen LogP contribution in [0.1, 0.15) is 19.0 Å². The molecule has 2 heterocycles. The lowest BCUT2D eigenvalue weighted by Gasteiger charge is -2.04. The average Bonchev–Trinajstić information content (AvgIpc) is 3.22. The molecule has 2 aromatic heterocycles. The van der Waals surface area contributed by atoms with E-state index in [-0.39, 0.29) is 0 Å². The molecule has 0 unspecified atom stereocenters. The molecule has 3 aromatic rings. The lowest BCUT2D eigenvalue weighted by atomic mass is 10.3. The van der Waals surface area contributed by atoms with Crippen LogP contribution in [0.3, 0.4) is 0 Å². The summed E-state index contributed by atoms with van der Waals surface area (Å²) in [5.74, 6) is 0. The van der Waals surface area contributed by atoms with Crippen LogP contribution >= 0.6 is 11.3 Å². The van der Waals surface area contributed by atoms with Gasteiger partial charge in [-0.3, -0.25) is 0 Å². The van der Waals surface area contributed by atoms with E-state index in [4.69, 9.17) is 0 Å². The first-order chi connectivity index (χ1) is 10.8. The zero-order chi connectivity index (χ0) is 15.4. The molecule has 0 spiro atoms. The highest BCUT2D eigenvalue weighted by Crippen LogP contribution is 2.26. The number of aromatic nitrogens is 3. The zero-order valence-corrected chi connectivity index (χ0v) is 13.3. The summed E-state index contributed by atoms with van der Waals surface area (Å²) in [6.45, 7) is 7.08. The van der Waals surface area contributed by atoms with E-state index in [9.17, 15) is 0 Å². The van der Waals surface area contributed by atoms with Crippen molar-refractivity contribution in [2.75, 3.05) is 6.54 Å². The fourth-order valence-corrected chi connectivity index (χ4v) is 2.88. The number of para-hydroxylation sites is 1. The van der Waals surface area contributed by atoms with Crippen LogP contribution in [0.15, 0.2) is 54.7 Å². The van der Waals surface area contributed by atoms with E-state index in [0.29, 0.717) is 0 Å². The van der Waals surface area contributed by atoms with Gasteiger partial charge in [0.2, 0.25) is 0 Å². The van der Waals surface area contributed by atoms with Gasteiger partial charge in [0.05, 0.1) is 23.3 Å². The molecule has 0 bridgehead atoms. The lowest BCUT2D eigenvalue weighted by Crippen LogP contribution is -2.12. The van der Waals surface area contributed by atoms with Crippen LogP contribution in [0.4, 0.5) is 0 Å². The first kappa shape index (κ1) is 14.5. The maximum Gasteiger partial charge on any atom is 0.127 e. The van der Waals surface area contributed by atoms with Gasteiger partial charge in [0, 0.05) is 23.7 Å². The second kappa shape index (κ2) is 6.58.